The average molecular weight is 577 g/mol. The highest BCUT2D eigenvalue weighted by atomic mass is 32.1. The summed E-state index contributed by atoms with van der Waals surface area (Å²) in [7, 11) is 3.00. The van der Waals surface area contributed by atoms with E-state index < -0.39 is 25.8 Å². The molecule has 12 heteroatoms. The van der Waals surface area contributed by atoms with Crippen molar-refractivity contribution in [1.82, 2.24) is 4.37 Å². The maximum atomic E-state index is 14.5. The number of rotatable bonds is 13. The molecule has 0 fully saturated rings. The van der Waals surface area contributed by atoms with Gasteiger partial charge in [-0.25, -0.2) is 14.0 Å². The molecule has 0 saturated carbocycles. The van der Waals surface area contributed by atoms with E-state index in [4.69, 9.17) is 23.7 Å². The molecule has 0 radical (unpaired) electrons. The molecule has 0 aliphatic carbocycles. The van der Waals surface area contributed by atoms with Crippen LogP contribution in [0.1, 0.15) is 31.8 Å². The van der Waals surface area contributed by atoms with Crippen molar-refractivity contribution in [1.29, 1.82) is 0 Å². The largest absolute Gasteiger partial charge is 0.497 e. The number of benzene rings is 2. The number of carbonyl (C=O) groups is 2. The standard InChI is InChI=1S/C27H33FN2O7SSi/c1-33-20-9-7-18(22(14-20)34-2)15-29-25-23(27(32)35-3)24(30-38-25)37-16-19-13-17(8-10-21(19)28)26(31)36-11-12-39(4,5)6/h7-10,13-14,29H,11-12,15-16H2,1-6H3. The molecular weight excluding hydrogens is 543 g/mol. The molecule has 1 N–H and O–H groups in total. The fourth-order valence-electron chi connectivity index (χ4n) is 3.44. The van der Waals surface area contributed by atoms with Crippen LogP contribution < -0.4 is 19.5 Å². The van der Waals surface area contributed by atoms with Crippen molar-refractivity contribution in [3.8, 4) is 17.4 Å². The fraction of sp³-hybridized carbons (Fsp3) is 0.370. The lowest BCUT2D eigenvalue weighted by Gasteiger charge is -2.15. The Hall–Kier alpha value is -3.64. The van der Waals surface area contributed by atoms with E-state index in [1.165, 1.54) is 25.3 Å². The van der Waals surface area contributed by atoms with Crippen molar-refractivity contribution in [3.63, 3.8) is 0 Å². The Labute approximate surface area is 232 Å². The van der Waals surface area contributed by atoms with E-state index in [0.29, 0.717) is 29.7 Å². The number of halogens is 1. The van der Waals surface area contributed by atoms with Crippen LogP contribution in [0.15, 0.2) is 36.4 Å². The molecule has 3 aromatic rings. The van der Waals surface area contributed by atoms with E-state index in [0.717, 1.165) is 23.1 Å². The highest BCUT2D eigenvalue weighted by molar-refractivity contribution is 7.10. The predicted octanol–water partition coefficient (Wildman–Crippen LogP) is 5.77. The van der Waals surface area contributed by atoms with E-state index in [9.17, 15) is 14.0 Å². The van der Waals surface area contributed by atoms with Crippen LogP contribution in [0.25, 0.3) is 0 Å². The summed E-state index contributed by atoms with van der Waals surface area (Å²) in [6.07, 6.45) is 0. The van der Waals surface area contributed by atoms with E-state index in [1.54, 1.807) is 26.4 Å². The van der Waals surface area contributed by atoms with Gasteiger partial charge in [-0.3, -0.25) is 0 Å². The third-order valence-corrected chi connectivity index (χ3v) is 8.21. The Morgan fingerprint density at radius 1 is 1.00 bits per heavy atom. The second-order valence-electron chi connectivity index (χ2n) is 9.76. The molecule has 0 amide bonds. The zero-order valence-corrected chi connectivity index (χ0v) is 24.7. The quantitative estimate of drug-likeness (QED) is 0.200. The topological polar surface area (TPSA) is 105 Å². The summed E-state index contributed by atoms with van der Waals surface area (Å²) in [5.41, 5.74) is 1.24. The number of esters is 2. The van der Waals surface area contributed by atoms with Crippen LogP contribution in [-0.2, 0) is 22.6 Å². The van der Waals surface area contributed by atoms with E-state index >= 15 is 0 Å². The number of nitrogens with one attached hydrogen (secondary N) is 1. The van der Waals surface area contributed by atoms with Crippen molar-refractivity contribution < 1.29 is 37.7 Å². The molecule has 0 atom stereocenters. The van der Waals surface area contributed by atoms with Crippen LogP contribution in [0.2, 0.25) is 25.7 Å². The SMILES string of the molecule is COC(=O)c1c(OCc2cc(C(=O)OCC[Si](C)(C)C)ccc2F)nsc1NCc1ccc(OC)cc1OC. The maximum absolute atomic E-state index is 14.5. The lowest BCUT2D eigenvalue weighted by atomic mass is 10.1. The molecule has 2 aromatic carbocycles. The van der Waals surface area contributed by atoms with Crippen LogP contribution in [-0.4, -0.2) is 52.3 Å². The zero-order chi connectivity index (χ0) is 28.6. The van der Waals surface area contributed by atoms with Gasteiger partial charge in [0, 0.05) is 31.8 Å². The molecule has 0 bridgehead atoms. The van der Waals surface area contributed by atoms with Gasteiger partial charge in [0.2, 0.25) is 5.88 Å². The molecule has 0 spiro atoms. The van der Waals surface area contributed by atoms with Gasteiger partial charge < -0.3 is 29.0 Å². The monoisotopic (exact) mass is 576 g/mol. The summed E-state index contributed by atoms with van der Waals surface area (Å²) in [5, 5.41) is 3.57. The summed E-state index contributed by atoms with van der Waals surface area (Å²) >= 11 is 1.00. The van der Waals surface area contributed by atoms with Gasteiger partial charge in [-0.05, 0) is 47.9 Å². The van der Waals surface area contributed by atoms with E-state index in [2.05, 4.69) is 29.3 Å². The van der Waals surface area contributed by atoms with Gasteiger partial charge in [-0.2, -0.15) is 4.37 Å². The minimum Gasteiger partial charge on any atom is -0.497 e. The fourth-order valence-corrected chi connectivity index (χ4v) is 4.87. The molecule has 9 nitrogen and oxygen atoms in total. The number of anilines is 1. The number of hydrogen-bond donors (Lipinski definition) is 1. The number of hydrogen-bond acceptors (Lipinski definition) is 10. The highest BCUT2D eigenvalue weighted by Crippen LogP contribution is 2.33. The molecule has 0 saturated heterocycles. The Morgan fingerprint density at radius 3 is 2.44 bits per heavy atom. The van der Waals surface area contributed by atoms with Gasteiger partial charge in [0.1, 0.15) is 28.9 Å². The molecule has 39 heavy (non-hydrogen) atoms. The van der Waals surface area contributed by atoms with Gasteiger partial charge in [0.25, 0.3) is 0 Å². The Morgan fingerprint density at radius 2 is 1.77 bits per heavy atom. The summed E-state index contributed by atoms with van der Waals surface area (Å²) in [6, 6.07) is 10.2. The van der Waals surface area contributed by atoms with E-state index in [1.807, 2.05) is 6.07 Å². The van der Waals surface area contributed by atoms with Gasteiger partial charge >= 0.3 is 11.9 Å². The number of ether oxygens (including phenoxy) is 5. The van der Waals surface area contributed by atoms with Crippen LogP contribution in [0.5, 0.6) is 17.4 Å². The molecule has 1 aromatic heterocycles. The van der Waals surface area contributed by atoms with Gasteiger partial charge in [0.05, 0.1) is 33.5 Å². The first kappa shape index (κ1) is 29.9. The highest BCUT2D eigenvalue weighted by Gasteiger charge is 2.24. The molecule has 0 aliphatic heterocycles. The molecular formula is C27H33FN2O7SSi. The summed E-state index contributed by atoms with van der Waals surface area (Å²) in [5.74, 6) is -0.513. The van der Waals surface area contributed by atoms with Gasteiger partial charge in [0.15, 0.2) is 5.56 Å². The van der Waals surface area contributed by atoms with Crippen LogP contribution in [0.3, 0.4) is 0 Å². The summed E-state index contributed by atoms with van der Waals surface area (Å²) in [6.45, 7) is 6.93. The number of nitrogens with zero attached hydrogens (tertiary/aromatic N) is 1. The first-order valence-electron chi connectivity index (χ1n) is 12.2. The normalized spacial score (nSPS) is 11.1. The lowest BCUT2D eigenvalue weighted by Crippen LogP contribution is -2.22. The van der Waals surface area contributed by atoms with E-state index in [-0.39, 0.29) is 29.2 Å². The molecule has 210 valence electrons. The van der Waals surface area contributed by atoms with Crippen molar-refractivity contribution >= 4 is 36.5 Å². The van der Waals surface area contributed by atoms with Crippen LogP contribution in [0, 0.1) is 5.82 Å². The summed E-state index contributed by atoms with van der Waals surface area (Å²) in [4.78, 5) is 25.0. The number of carbonyl (C=O) groups excluding carboxylic acids is 2. The van der Waals surface area contributed by atoms with Crippen LogP contribution >= 0.6 is 11.5 Å². The lowest BCUT2D eigenvalue weighted by molar-refractivity contribution is 0.0524. The van der Waals surface area contributed by atoms with Crippen LogP contribution in [0.4, 0.5) is 9.39 Å². The molecule has 1 heterocycles. The molecule has 0 unspecified atom stereocenters. The number of aromatic nitrogens is 1. The smallest absolute Gasteiger partial charge is 0.346 e. The maximum Gasteiger partial charge on any atom is 0.346 e. The average Bonchev–Trinajstić information content (AvgIpc) is 3.32. The third-order valence-electron chi connectivity index (χ3n) is 5.71. The van der Waals surface area contributed by atoms with Crippen molar-refractivity contribution in [2.75, 3.05) is 33.3 Å². The Bertz CT molecular complexity index is 1310. The van der Waals surface area contributed by atoms with Gasteiger partial charge in [-0.1, -0.05) is 19.6 Å². The second kappa shape index (κ2) is 13.4. The first-order valence-corrected chi connectivity index (χ1v) is 16.7. The minimum absolute atomic E-state index is 0.0152. The van der Waals surface area contributed by atoms with Gasteiger partial charge in [-0.15, -0.1) is 0 Å². The van der Waals surface area contributed by atoms with Crippen molar-refractivity contribution in [2.45, 2.75) is 38.8 Å². The molecule has 0 aliphatic rings. The Balaban J connectivity index is 1.73. The number of methoxy groups -OCH3 is 3. The molecule has 3 rings (SSSR count). The van der Waals surface area contributed by atoms with Crippen molar-refractivity contribution in [3.05, 3.63) is 64.5 Å². The Kier molecular flexibility index (Phi) is 10.3. The first-order chi connectivity index (χ1) is 18.6. The predicted molar refractivity (Wildman–Crippen MR) is 149 cm³/mol. The minimum atomic E-state index is -1.36. The summed E-state index contributed by atoms with van der Waals surface area (Å²) < 4.78 is 45.4. The third kappa shape index (κ3) is 8.17. The second-order valence-corrected chi connectivity index (χ2v) is 16.2. The zero-order valence-electron chi connectivity index (χ0n) is 22.9. The van der Waals surface area contributed by atoms with Crippen molar-refractivity contribution in [2.24, 2.45) is 0 Å².